The zero-order valence-electron chi connectivity index (χ0n) is 15.0. The van der Waals surface area contributed by atoms with Gasteiger partial charge in [0.1, 0.15) is 11.4 Å². The molecule has 140 valence electrons. The monoisotopic (exact) mass is 358 g/mol. The van der Waals surface area contributed by atoms with E-state index < -0.39 is 5.60 Å². The number of rotatable bonds is 2. The first kappa shape index (κ1) is 17.3. The summed E-state index contributed by atoms with van der Waals surface area (Å²) in [5, 5.41) is 6.13. The van der Waals surface area contributed by atoms with Gasteiger partial charge >= 0.3 is 0 Å². The van der Waals surface area contributed by atoms with Crippen molar-refractivity contribution in [1.29, 1.82) is 0 Å². The van der Waals surface area contributed by atoms with Gasteiger partial charge in [-0.3, -0.25) is 9.59 Å². The third-order valence-corrected chi connectivity index (χ3v) is 5.80. The summed E-state index contributed by atoms with van der Waals surface area (Å²) in [6.07, 6.45) is 5.08. The number of nitrogens with one attached hydrogen (secondary N) is 2. The molecule has 2 N–H and O–H groups in total. The molecule has 0 aromatic heterocycles. The lowest BCUT2D eigenvalue weighted by atomic mass is 9.78. The number of para-hydroxylation sites is 1. The topological polar surface area (TPSA) is 76.7 Å². The van der Waals surface area contributed by atoms with E-state index in [4.69, 9.17) is 9.47 Å². The Morgan fingerprint density at radius 2 is 2.00 bits per heavy atom. The van der Waals surface area contributed by atoms with Crippen molar-refractivity contribution in [2.75, 3.05) is 19.8 Å². The summed E-state index contributed by atoms with van der Waals surface area (Å²) < 4.78 is 11.7. The first-order valence-corrected chi connectivity index (χ1v) is 9.60. The van der Waals surface area contributed by atoms with Gasteiger partial charge in [0.05, 0.1) is 24.8 Å². The molecule has 2 aliphatic heterocycles. The van der Waals surface area contributed by atoms with Crippen LogP contribution in [0.2, 0.25) is 0 Å². The highest BCUT2D eigenvalue weighted by Crippen LogP contribution is 2.38. The molecule has 0 bridgehead atoms. The van der Waals surface area contributed by atoms with Crippen molar-refractivity contribution in [3.8, 4) is 5.75 Å². The van der Waals surface area contributed by atoms with Gasteiger partial charge < -0.3 is 20.1 Å². The fraction of sp³-hybridized carbons (Fsp3) is 0.600. The molecule has 1 aliphatic carbocycles. The predicted octanol–water partition coefficient (Wildman–Crippen LogP) is 2.03. The maximum atomic E-state index is 12.6. The number of carbonyl (C=O) groups is 2. The van der Waals surface area contributed by atoms with E-state index in [2.05, 4.69) is 10.6 Å². The van der Waals surface area contributed by atoms with Gasteiger partial charge in [-0.25, -0.2) is 0 Å². The molecule has 1 spiro atoms. The first-order chi connectivity index (χ1) is 12.7. The van der Waals surface area contributed by atoms with Crippen molar-refractivity contribution in [3.63, 3.8) is 0 Å². The van der Waals surface area contributed by atoms with Gasteiger partial charge in [-0.05, 0) is 50.7 Å². The van der Waals surface area contributed by atoms with Crippen molar-refractivity contribution in [1.82, 2.24) is 10.6 Å². The number of amides is 2. The minimum atomic E-state index is -0.410. The smallest absolute Gasteiger partial charge is 0.255 e. The molecule has 0 unspecified atom stereocenters. The molecule has 2 amide bonds. The van der Waals surface area contributed by atoms with Crippen molar-refractivity contribution in [2.45, 2.75) is 50.2 Å². The molecule has 3 aliphatic rings. The average Bonchev–Trinajstić information content (AvgIpc) is 2.80. The third-order valence-electron chi connectivity index (χ3n) is 5.80. The number of hydrogen-bond acceptors (Lipinski definition) is 4. The third kappa shape index (κ3) is 3.56. The first-order valence-electron chi connectivity index (χ1n) is 9.60. The van der Waals surface area contributed by atoms with Gasteiger partial charge in [-0.2, -0.15) is 0 Å². The van der Waals surface area contributed by atoms with E-state index >= 15 is 0 Å². The van der Waals surface area contributed by atoms with E-state index in [1.807, 2.05) is 18.2 Å². The molecule has 26 heavy (non-hydrogen) atoms. The molecule has 1 aromatic carbocycles. The molecule has 1 atom stereocenters. The van der Waals surface area contributed by atoms with E-state index in [0.717, 1.165) is 45.1 Å². The molecule has 1 saturated heterocycles. The molecule has 1 saturated carbocycles. The number of ether oxygens (including phenoxy) is 2. The second-order valence-electron chi connectivity index (χ2n) is 7.66. The summed E-state index contributed by atoms with van der Waals surface area (Å²) in [5.74, 6) is 0.702. The predicted molar refractivity (Wildman–Crippen MR) is 96.1 cm³/mol. The van der Waals surface area contributed by atoms with Crippen molar-refractivity contribution >= 4 is 11.8 Å². The molecular weight excluding hydrogens is 332 g/mol. The molecule has 6 nitrogen and oxygen atoms in total. The fourth-order valence-electron chi connectivity index (χ4n) is 4.21. The Labute approximate surface area is 153 Å². The maximum absolute atomic E-state index is 12.6. The van der Waals surface area contributed by atoms with Crippen LogP contribution in [0.4, 0.5) is 0 Å². The Morgan fingerprint density at radius 1 is 1.19 bits per heavy atom. The Kier molecular flexibility index (Phi) is 4.85. The van der Waals surface area contributed by atoms with Crippen LogP contribution in [0.3, 0.4) is 0 Å². The van der Waals surface area contributed by atoms with Gasteiger partial charge in [0.2, 0.25) is 5.91 Å². The van der Waals surface area contributed by atoms with E-state index in [-0.39, 0.29) is 23.8 Å². The van der Waals surface area contributed by atoms with Crippen LogP contribution >= 0.6 is 0 Å². The van der Waals surface area contributed by atoms with Crippen molar-refractivity contribution in [3.05, 3.63) is 29.8 Å². The maximum Gasteiger partial charge on any atom is 0.255 e. The lowest BCUT2D eigenvalue weighted by Crippen LogP contribution is -2.50. The number of carbonyl (C=O) groups excluding carboxylic acids is 2. The lowest BCUT2D eigenvalue weighted by molar-refractivity contribution is -0.129. The highest BCUT2D eigenvalue weighted by atomic mass is 16.5. The second kappa shape index (κ2) is 7.27. The normalized spacial score (nSPS) is 31.3. The zero-order chi connectivity index (χ0) is 18.0. The van der Waals surface area contributed by atoms with E-state index in [0.29, 0.717) is 24.5 Å². The van der Waals surface area contributed by atoms with Crippen LogP contribution in [0.1, 0.15) is 48.9 Å². The van der Waals surface area contributed by atoms with Crippen LogP contribution in [-0.2, 0) is 9.53 Å². The lowest BCUT2D eigenvalue weighted by Gasteiger charge is -2.39. The SMILES string of the molecule is O=C1NCC2(CCC(C(=O)N[C@@H]3CCCOC3)CC2)Oc2ccccc21. The van der Waals surface area contributed by atoms with Gasteiger partial charge in [0.25, 0.3) is 5.91 Å². The summed E-state index contributed by atoms with van der Waals surface area (Å²) in [6.45, 7) is 1.91. The summed E-state index contributed by atoms with van der Waals surface area (Å²) in [6, 6.07) is 7.51. The highest BCUT2D eigenvalue weighted by molar-refractivity contribution is 5.97. The molecule has 6 heteroatoms. The molecule has 2 fully saturated rings. The van der Waals surface area contributed by atoms with Gasteiger partial charge in [0, 0.05) is 12.5 Å². The molecular formula is C20H26N2O4. The van der Waals surface area contributed by atoms with Crippen LogP contribution in [0.15, 0.2) is 24.3 Å². The minimum Gasteiger partial charge on any atom is -0.485 e. The van der Waals surface area contributed by atoms with Crippen molar-refractivity contribution < 1.29 is 19.1 Å². The summed E-state index contributed by atoms with van der Waals surface area (Å²) in [7, 11) is 0. The molecule has 1 aromatic rings. The van der Waals surface area contributed by atoms with E-state index in [1.165, 1.54) is 0 Å². The molecule has 2 heterocycles. The van der Waals surface area contributed by atoms with Gasteiger partial charge in [0.15, 0.2) is 0 Å². The van der Waals surface area contributed by atoms with Crippen LogP contribution in [-0.4, -0.2) is 43.2 Å². The minimum absolute atomic E-state index is 0.0142. The van der Waals surface area contributed by atoms with E-state index in [1.54, 1.807) is 6.07 Å². The van der Waals surface area contributed by atoms with Gasteiger partial charge in [-0.1, -0.05) is 12.1 Å². The number of fused-ring (bicyclic) bond motifs is 1. The Morgan fingerprint density at radius 3 is 2.77 bits per heavy atom. The van der Waals surface area contributed by atoms with Crippen LogP contribution < -0.4 is 15.4 Å². The van der Waals surface area contributed by atoms with E-state index in [9.17, 15) is 9.59 Å². The van der Waals surface area contributed by atoms with Crippen molar-refractivity contribution in [2.24, 2.45) is 5.92 Å². The summed E-state index contributed by atoms with van der Waals surface area (Å²) in [5.41, 5.74) is 0.175. The quantitative estimate of drug-likeness (QED) is 0.848. The molecule has 0 radical (unpaired) electrons. The number of hydrogen-bond donors (Lipinski definition) is 2. The van der Waals surface area contributed by atoms with Crippen LogP contribution in [0, 0.1) is 5.92 Å². The second-order valence-corrected chi connectivity index (χ2v) is 7.66. The number of benzene rings is 1. The fourth-order valence-corrected chi connectivity index (χ4v) is 4.21. The Balaban J connectivity index is 1.38. The zero-order valence-corrected chi connectivity index (χ0v) is 15.0. The Hall–Kier alpha value is -2.08. The molecule has 4 rings (SSSR count). The summed E-state index contributed by atoms with van der Waals surface area (Å²) in [4.78, 5) is 24.8. The highest BCUT2D eigenvalue weighted by Gasteiger charge is 2.42. The standard InChI is InChI=1S/C20H26N2O4/c23-18(22-15-4-3-11-25-12-15)14-7-9-20(10-8-14)13-21-19(24)16-5-1-2-6-17(16)26-20/h1-2,5-6,14-15H,3-4,7-13H2,(H,21,24)(H,22,23)/t14?,15-,20?/m1/s1. The Bertz CT molecular complexity index is 676. The van der Waals surface area contributed by atoms with Crippen LogP contribution in [0.5, 0.6) is 5.75 Å². The van der Waals surface area contributed by atoms with Crippen LogP contribution in [0.25, 0.3) is 0 Å². The average molecular weight is 358 g/mol. The largest absolute Gasteiger partial charge is 0.485 e. The summed E-state index contributed by atoms with van der Waals surface area (Å²) >= 11 is 0. The van der Waals surface area contributed by atoms with Gasteiger partial charge in [-0.15, -0.1) is 0 Å².